The van der Waals surface area contributed by atoms with Crippen LogP contribution in [0.1, 0.15) is 25.3 Å². The number of benzene rings is 1. The van der Waals surface area contributed by atoms with Crippen LogP contribution in [0.2, 0.25) is 0 Å². The van der Waals surface area contributed by atoms with Crippen molar-refractivity contribution in [1.82, 2.24) is 0 Å². The van der Waals surface area contributed by atoms with Gasteiger partial charge >= 0.3 is 5.97 Å². The predicted octanol–water partition coefficient (Wildman–Crippen LogP) is 2.77. The monoisotopic (exact) mass is 212 g/mol. The van der Waals surface area contributed by atoms with Gasteiger partial charge in [0.15, 0.2) is 5.75 Å². The summed E-state index contributed by atoms with van der Waals surface area (Å²) in [6, 6.07) is 4.04. The zero-order chi connectivity index (χ0) is 11.3. The topological polar surface area (TPSA) is 35.5 Å². The molecule has 0 fully saturated rings. The number of carbonyl (C=O) groups excluding carboxylic acids is 1. The fourth-order valence-corrected chi connectivity index (χ4v) is 1.00. The van der Waals surface area contributed by atoms with Gasteiger partial charge in [-0.25, -0.2) is 9.18 Å². The first-order valence-corrected chi connectivity index (χ1v) is 4.77. The number of hydrogen-bond acceptors (Lipinski definition) is 3. The van der Waals surface area contributed by atoms with Crippen molar-refractivity contribution in [3.63, 3.8) is 0 Å². The minimum absolute atomic E-state index is 0.222. The Bertz CT molecular complexity index is 350. The molecule has 0 aliphatic carbocycles. The van der Waals surface area contributed by atoms with Gasteiger partial charge in [-0.3, -0.25) is 9.78 Å². The van der Waals surface area contributed by atoms with Gasteiger partial charge in [-0.05, 0) is 25.0 Å². The molecule has 0 aliphatic rings. The van der Waals surface area contributed by atoms with E-state index in [4.69, 9.17) is 4.89 Å². The lowest BCUT2D eigenvalue weighted by atomic mass is 10.2. The molecule has 82 valence electrons. The number of rotatable bonds is 4. The van der Waals surface area contributed by atoms with E-state index in [1.165, 1.54) is 12.1 Å². The Morgan fingerprint density at radius 2 is 2.20 bits per heavy atom. The van der Waals surface area contributed by atoms with Crippen LogP contribution in [0.25, 0.3) is 0 Å². The molecule has 1 aromatic carbocycles. The van der Waals surface area contributed by atoms with Crippen molar-refractivity contribution < 1.29 is 19.0 Å². The summed E-state index contributed by atoms with van der Waals surface area (Å²) in [6.45, 7) is 3.59. The molecule has 0 N–H and O–H groups in total. The van der Waals surface area contributed by atoms with E-state index in [9.17, 15) is 9.18 Å². The molecule has 0 radical (unpaired) electrons. The van der Waals surface area contributed by atoms with Gasteiger partial charge in [0.2, 0.25) is 0 Å². The van der Waals surface area contributed by atoms with Gasteiger partial charge in [0.05, 0.1) is 0 Å². The van der Waals surface area contributed by atoms with Crippen molar-refractivity contribution in [1.29, 1.82) is 0 Å². The second-order valence-corrected chi connectivity index (χ2v) is 3.20. The Kier molecular flexibility index (Phi) is 4.09. The zero-order valence-corrected chi connectivity index (χ0v) is 8.75. The lowest BCUT2D eigenvalue weighted by Crippen LogP contribution is -2.07. The molecule has 0 saturated carbocycles. The van der Waals surface area contributed by atoms with Crippen molar-refractivity contribution in [3.8, 4) is 5.75 Å². The van der Waals surface area contributed by atoms with Crippen LogP contribution >= 0.6 is 0 Å². The second-order valence-electron chi connectivity index (χ2n) is 3.20. The highest BCUT2D eigenvalue weighted by Gasteiger charge is 2.06. The molecular weight excluding hydrogens is 199 g/mol. The summed E-state index contributed by atoms with van der Waals surface area (Å²) < 4.78 is 12.8. The van der Waals surface area contributed by atoms with E-state index in [0.717, 1.165) is 0 Å². The molecule has 0 saturated heterocycles. The second kappa shape index (κ2) is 5.34. The molecule has 0 unspecified atom stereocenters. The van der Waals surface area contributed by atoms with Crippen LogP contribution in [0.3, 0.4) is 0 Å². The van der Waals surface area contributed by atoms with E-state index < -0.39 is 11.8 Å². The van der Waals surface area contributed by atoms with E-state index >= 15 is 0 Å². The number of carbonyl (C=O) groups is 1. The number of hydrogen-bond donors (Lipinski definition) is 0. The molecule has 0 aliphatic heterocycles. The minimum Gasteiger partial charge on any atom is -0.287 e. The van der Waals surface area contributed by atoms with E-state index in [0.29, 0.717) is 12.0 Å². The fourth-order valence-electron chi connectivity index (χ4n) is 1.00. The van der Waals surface area contributed by atoms with E-state index in [1.54, 1.807) is 13.0 Å². The molecule has 15 heavy (non-hydrogen) atoms. The maximum Gasteiger partial charge on any atom is 0.355 e. The molecule has 0 heterocycles. The quantitative estimate of drug-likeness (QED) is 0.568. The first-order valence-electron chi connectivity index (χ1n) is 4.77. The summed E-state index contributed by atoms with van der Waals surface area (Å²) in [6.07, 6.45) is 0.971. The summed E-state index contributed by atoms with van der Waals surface area (Å²) >= 11 is 0. The zero-order valence-electron chi connectivity index (χ0n) is 8.75. The highest BCUT2D eigenvalue weighted by atomic mass is 19.1. The predicted molar refractivity (Wildman–Crippen MR) is 52.8 cm³/mol. The molecule has 0 bridgehead atoms. The van der Waals surface area contributed by atoms with Crippen molar-refractivity contribution in [3.05, 3.63) is 29.6 Å². The van der Waals surface area contributed by atoms with E-state index in [-0.39, 0.29) is 12.2 Å². The summed E-state index contributed by atoms with van der Waals surface area (Å²) in [5.41, 5.74) is 0.709. The van der Waals surface area contributed by atoms with Crippen LogP contribution in [0.15, 0.2) is 18.2 Å². The van der Waals surface area contributed by atoms with Crippen LogP contribution in [0.5, 0.6) is 5.75 Å². The molecule has 0 aromatic heterocycles. The maximum atomic E-state index is 12.8. The average Bonchev–Trinajstić information content (AvgIpc) is 2.20. The van der Waals surface area contributed by atoms with Crippen molar-refractivity contribution in [2.75, 3.05) is 0 Å². The lowest BCUT2D eigenvalue weighted by Gasteiger charge is -2.06. The molecule has 4 heteroatoms. The lowest BCUT2D eigenvalue weighted by molar-refractivity contribution is -0.214. The Hall–Kier alpha value is -1.58. The molecule has 1 rings (SSSR count). The standard InChI is InChI=1S/C11H13FO3/c1-3-4-11(13)15-14-10-7-9(12)6-5-8(10)2/h5-7H,3-4H2,1-2H3. The molecular formula is C11H13FO3. The third kappa shape index (κ3) is 3.58. The van der Waals surface area contributed by atoms with Gasteiger partial charge in [0.1, 0.15) is 5.82 Å². The Morgan fingerprint density at radius 1 is 1.47 bits per heavy atom. The molecule has 3 nitrogen and oxygen atoms in total. The first kappa shape index (κ1) is 11.5. The van der Waals surface area contributed by atoms with Gasteiger partial charge in [-0.15, -0.1) is 0 Å². The van der Waals surface area contributed by atoms with Crippen molar-refractivity contribution in [2.45, 2.75) is 26.7 Å². The molecule has 0 spiro atoms. The largest absolute Gasteiger partial charge is 0.355 e. The van der Waals surface area contributed by atoms with Crippen molar-refractivity contribution >= 4 is 5.97 Å². The summed E-state index contributed by atoms with van der Waals surface area (Å²) in [5, 5.41) is 0. The van der Waals surface area contributed by atoms with Gasteiger partial charge < -0.3 is 0 Å². The maximum absolute atomic E-state index is 12.8. The fraction of sp³-hybridized carbons (Fsp3) is 0.364. The Balaban J connectivity index is 2.57. The van der Waals surface area contributed by atoms with Gasteiger partial charge in [0, 0.05) is 12.5 Å². The molecule has 0 atom stereocenters. The summed E-state index contributed by atoms with van der Waals surface area (Å²) in [5.74, 6) is -0.664. The Labute approximate surface area is 87.7 Å². The third-order valence-electron chi connectivity index (χ3n) is 1.83. The van der Waals surface area contributed by atoms with Crippen LogP contribution in [0.4, 0.5) is 4.39 Å². The van der Waals surface area contributed by atoms with E-state index in [1.807, 2.05) is 6.92 Å². The summed E-state index contributed by atoms with van der Waals surface area (Å²) in [4.78, 5) is 20.2. The SMILES string of the molecule is CCCC(=O)OOc1cc(F)ccc1C. The highest BCUT2D eigenvalue weighted by molar-refractivity contribution is 5.68. The van der Waals surface area contributed by atoms with Gasteiger partial charge in [0.25, 0.3) is 0 Å². The minimum atomic E-state index is -0.457. The average molecular weight is 212 g/mol. The third-order valence-corrected chi connectivity index (χ3v) is 1.83. The smallest absolute Gasteiger partial charge is 0.287 e. The highest BCUT2D eigenvalue weighted by Crippen LogP contribution is 2.19. The van der Waals surface area contributed by atoms with Crippen LogP contribution < -0.4 is 4.89 Å². The Morgan fingerprint density at radius 3 is 2.87 bits per heavy atom. The van der Waals surface area contributed by atoms with Crippen LogP contribution in [-0.2, 0) is 9.68 Å². The first-order chi connectivity index (χ1) is 7.13. The van der Waals surface area contributed by atoms with Crippen LogP contribution in [-0.4, -0.2) is 5.97 Å². The number of halogens is 1. The summed E-state index contributed by atoms with van der Waals surface area (Å²) in [7, 11) is 0. The molecule has 0 amide bonds. The van der Waals surface area contributed by atoms with Crippen LogP contribution in [0, 0.1) is 12.7 Å². The van der Waals surface area contributed by atoms with Crippen molar-refractivity contribution in [2.24, 2.45) is 0 Å². The van der Waals surface area contributed by atoms with E-state index in [2.05, 4.69) is 4.89 Å². The van der Waals surface area contributed by atoms with Gasteiger partial charge in [-0.1, -0.05) is 13.0 Å². The number of aryl methyl sites for hydroxylation is 1. The van der Waals surface area contributed by atoms with Gasteiger partial charge in [-0.2, -0.15) is 0 Å². The molecule has 1 aromatic rings. The normalized spacial score (nSPS) is 9.80.